The molecule has 9 atom stereocenters. The summed E-state index contributed by atoms with van der Waals surface area (Å²) in [5.74, 6) is 6.23. The van der Waals surface area contributed by atoms with Crippen LogP contribution in [0.25, 0.3) is 0 Å². The van der Waals surface area contributed by atoms with Crippen LogP contribution in [-0.4, -0.2) is 52.5 Å². The molecule has 0 N–H and O–H groups in total. The highest BCUT2D eigenvalue weighted by Crippen LogP contribution is 2.25. The zero-order chi connectivity index (χ0) is 46.6. The van der Waals surface area contributed by atoms with Gasteiger partial charge in [-0.05, 0) is 90.4 Å². The molecule has 0 aliphatic rings. The summed E-state index contributed by atoms with van der Waals surface area (Å²) in [5, 5.41) is 0. The fraction of sp³-hybridized carbons (Fsp3) is 0.776. The Kier molecular flexibility index (Phi) is 34.2. The lowest BCUT2D eigenvalue weighted by Crippen LogP contribution is -2.27. The first-order valence-electron chi connectivity index (χ1n) is 26.4. The highest BCUT2D eigenvalue weighted by molar-refractivity contribution is 5.52. The molecule has 0 fully saturated rings. The molecular weight excluding hydrogens is 793 g/mol. The molecule has 0 unspecified atom stereocenters. The fourth-order valence-electron chi connectivity index (χ4n) is 8.94. The van der Waals surface area contributed by atoms with E-state index in [1.165, 1.54) is 120 Å². The average molecular weight is 893 g/mol. The van der Waals surface area contributed by atoms with Crippen LogP contribution >= 0.6 is 0 Å². The second-order valence-corrected chi connectivity index (χ2v) is 20.9. The van der Waals surface area contributed by atoms with Crippen molar-refractivity contribution < 1.29 is 28.5 Å². The van der Waals surface area contributed by atoms with Gasteiger partial charge in [-0.3, -0.25) is 0 Å². The van der Waals surface area contributed by atoms with Gasteiger partial charge in [0.25, 0.3) is 0 Å². The van der Waals surface area contributed by atoms with Crippen molar-refractivity contribution >= 4 is 6.29 Å². The maximum atomic E-state index is 10.9. The van der Waals surface area contributed by atoms with Crippen LogP contribution in [0, 0.1) is 47.3 Å². The molecule has 0 saturated heterocycles. The first-order valence-corrected chi connectivity index (χ1v) is 26.4. The van der Waals surface area contributed by atoms with Crippen LogP contribution in [0.15, 0.2) is 54.6 Å². The number of carbonyl (C=O) groups excluding carboxylic acids is 1. The van der Waals surface area contributed by atoms with E-state index in [-0.39, 0.29) is 12.0 Å². The second kappa shape index (κ2) is 37.8. The van der Waals surface area contributed by atoms with E-state index in [2.05, 4.69) is 84.9 Å². The Morgan fingerprint density at radius 1 is 0.422 bits per heavy atom. The molecule has 368 valence electrons. The Morgan fingerprint density at radius 2 is 0.812 bits per heavy atom. The fourth-order valence-corrected chi connectivity index (χ4v) is 8.94. The second-order valence-electron chi connectivity index (χ2n) is 20.9. The van der Waals surface area contributed by atoms with Crippen LogP contribution in [0.1, 0.15) is 195 Å². The predicted octanol–water partition coefficient (Wildman–Crippen LogP) is 15.9. The topological polar surface area (TPSA) is 63.2 Å². The molecule has 0 bridgehead atoms. The third-order valence-corrected chi connectivity index (χ3v) is 13.8. The van der Waals surface area contributed by atoms with E-state index in [1.54, 1.807) is 7.11 Å². The molecular formula is C58H100O6. The molecule has 2 aromatic carbocycles. The van der Waals surface area contributed by atoms with Gasteiger partial charge in [-0.1, -0.05) is 201 Å². The Hall–Kier alpha value is -2.25. The minimum Gasteiger partial charge on any atom is -0.497 e. The lowest BCUT2D eigenvalue weighted by Gasteiger charge is -2.21. The van der Waals surface area contributed by atoms with Gasteiger partial charge in [0.05, 0.1) is 33.5 Å². The van der Waals surface area contributed by atoms with E-state index in [0.29, 0.717) is 44.2 Å². The lowest BCUT2D eigenvalue weighted by atomic mass is 9.90. The smallest absolute Gasteiger partial charge is 0.122 e. The van der Waals surface area contributed by atoms with E-state index in [1.807, 2.05) is 25.1 Å². The van der Waals surface area contributed by atoms with E-state index < -0.39 is 0 Å². The summed E-state index contributed by atoms with van der Waals surface area (Å²) in [6.45, 7) is 23.7. The monoisotopic (exact) mass is 893 g/mol. The number of carbonyl (C=O) groups is 1. The molecule has 64 heavy (non-hydrogen) atoms. The molecule has 6 heteroatoms. The number of benzene rings is 2. The van der Waals surface area contributed by atoms with Crippen molar-refractivity contribution in [3.05, 3.63) is 65.7 Å². The summed E-state index contributed by atoms with van der Waals surface area (Å²) in [4.78, 5) is 10.9. The summed E-state index contributed by atoms with van der Waals surface area (Å²) in [6.07, 6.45) is 26.5. The van der Waals surface area contributed by atoms with Crippen LogP contribution < -0.4 is 4.74 Å². The Bertz CT molecular complexity index is 1330. The van der Waals surface area contributed by atoms with E-state index in [4.69, 9.17) is 23.7 Å². The van der Waals surface area contributed by atoms with Gasteiger partial charge in [0, 0.05) is 25.7 Å². The van der Waals surface area contributed by atoms with Gasteiger partial charge in [-0.15, -0.1) is 0 Å². The summed E-state index contributed by atoms with van der Waals surface area (Å²) in [7, 11) is 1.70. The third kappa shape index (κ3) is 31.6. The zero-order valence-corrected chi connectivity index (χ0v) is 43.0. The summed E-state index contributed by atoms with van der Waals surface area (Å²) in [6, 6.07) is 18.6. The normalized spacial score (nSPS) is 16.1. The van der Waals surface area contributed by atoms with Crippen molar-refractivity contribution in [2.24, 2.45) is 47.3 Å². The van der Waals surface area contributed by atoms with Gasteiger partial charge in [0.2, 0.25) is 0 Å². The van der Waals surface area contributed by atoms with Crippen molar-refractivity contribution in [2.45, 2.75) is 203 Å². The van der Waals surface area contributed by atoms with Crippen molar-refractivity contribution in [1.82, 2.24) is 0 Å². The minimum atomic E-state index is -0.0368. The van der Waals surface area contributed by atoms with E-state index >= 15 is 0 Å². The van der Waals surface area contributed by atoms with Crippen LogP contribution in [0.4, 0.5) is 0 Å². The van der Waals surface area contributed by atoms with Crippen LogP contribution in [-0.2, 0) is 37.0 Å². The molecule has 0 saturated carbocycles. The van der Waals surface area contributed by atoms with E-state index in [0.717, 1.165) is 74.8 Å². The SMILES string of the molecule is COc1ccc(COC[C@@H](C)CCC[C@@H](C)CCC[C@@H](C)CCC[C@@H](C)CCO[C@@H](COCC[C@H](C)CCC[C@H](C)CCC[C@H](C)CCC[C@H](C)C=O)COCc2ccccc2)cc1. The molecule has 2 rings (SSSR count). The van der Waals surface area contributed by atoms with Gasteiger partial charge >= 0.3 is 0 Å². The Balaban J connectivity index is 1.54. The predicted molar refractivity (Wildman–Crippen MR) is 271 cm³/mol. The number of aldehydes is 1. The van der Waals surface area contributed by atoms with Crippen molar-refractivity contribution in [2.75, 3.05) is 40.1 Å². The number of rotatable bonds is 43. The average Bonchev–Trinajstić information content (AvgIpc) is 3.28. The van der Waals surface area contributed by atoms with Crippen LogP contribution in [0.5, 0.6) is 5.75 Å². The van der Waals surface area contributed by atoms with Crippen molar-refractivity contribution in [3.8, 4) is 5.75 Å². The van der Waals surface area contributed by atoms with Crippen molar-refractivity contribution in [1.29, 1.82) is 0 Å². The molecule has 0 amide bonds. The Labute approximate surface area is 395 Å². The molecule has 0 heterocycles. The van der Waals surface area contributed by atoms with Crippen LogP contribution in [0.2, 0.25) is 0 Å². The van der Waals surface area contributed by atoms with Gasteiger partial charge in [-0.25, -0.2) is 0 Å². The molecule has 0 radical (unpaired) electrons. The maximum Gasteiger partial charge on any atom is 0.122 e. The summed E-state index contributed by atoms with van der Waals surface area (Å²) < 4.78 is 30.1. The third-order valence-electron chi connectivity index (χ3n) is 13.8. The van der Waals surface area contributed by atoms with Gasteiger partial charge in [0.1, 0.15) is 18.1 Å². The molecule has 0 spiro atoms. The number of hydrogen-bond donors (Lipinski definition) is 0. The highest BCUT2D eigenvalue weighted by atomic mass is 16.6. The highest BCUT2D eigenvalue weighted by Gasteiger charge is 2.15. The molecule has 0 aromatic heterocycles. The lowest BCUT2D eigenvalue weighted by molar-refractivity contribution is -0.110. The zero-order valence-electron chi connectivity index (χ0n) is 43.0. The summed E-state index contributed by atoms with van der Waals surface area (Å²) in [5.41, 5.74) is 2.39. The quantitative estimate of drug-likeness (QED) is 0.0488. The molecule has 6 nitrogen and oxygen atoms in total. The Morgan fingerprint density at radius 3 is 1.28 bits per heavy atom. The standard InChI is InChI=1S/C58H100O6/c1-47(19-13-21-49(3)25-17-29-53(7)41-59)23-15-27-51(5)37-39-61-45-58(46-63-43-55-31-11-10-12-32-55)64-40-38-52(6)28-16-24-48(2)20-14-22-50(4)26-18-30-54(8)42-62-44-56-33-35-57(60-9)36-34-56/h10-12,31-36,41,47-54,58H,13-30,37-40,42-46H2,1-9H3/t47-,48-,49+,50+,51-,52-,53+,54+,58+/m1/s1. The maximum absolute atomic E-state index is 10.9. The first kappa shape index (κ1) is 57.9. The van der Waals surface area contributed by atoms with E-state index in [9.17, 15) is 4.79 Å². The number of ether oxygens (including phenoxy) is 5. The number of hydrogen-bond acceptors (Lipinski definition) is 6. The molecule has 0 aliphatic heterocycles. The van der Waals surface area contributed by atoms with Gasteiger partial charge in [0.15, 0.2) is 0 Å². The van der Waals surface area contributed by atoms with Gasteiger partial charge < -0.3 is 28.5 Å². The summed E-state index contributed by atoms with van der Waals surface area (Å²) >= 11 is 0. The van der Waals surface area contributed by atoms with Crippen LogP contribution in [0.3, 0.4) is 0 Å². The molecule has 0 aliphatic carbocycles. The van der Waals surface area contributed by atoms with Gasteiger partial charge in [-0.2, -0.15) is 0 Å². The van der Waals surface area contributed by atoms with Crippen molar-refractivity contribution in [3.63, 3.8) is 0 Å². The number of methoxy groups -OCH3 is 1. The molecule has 2 aromatic rings. The largest absolute Gasteiger partial charge is 0.497 e. The minimum absolute atomic E-state index is 0.0368. The first-order chi connectivity index (χ1) is 31.0.